The monoisotopic (exact) mass is 392 g/mol. The van der Waals surface area contributed by atoms with Gasteiger partial charge in [0, 0.05) is 24.9 Å². The second-order valence-corrected chi connectivity index (χ2v) is 8.10. The summed E-state index contributed by atoms with van der Waals surface area (Å²) in [5, 5.41) is 0. The molecule has 2 aromatic carbocycles. The highest BCUT2D eigenvalue weighted by atomic mass is 32.2. The maximum Gasteiger partial charge on any atom is 0.252 e. The fourth-order valence-electron chi connectivity index (χ4n) is 3.13. The number of sulfonamides is 1. The van der Waals surface area contributed by atoms with Crippen molar-refractivity contribution in [1.29, 1.82) is 0 Å². The molecule has 0 saturated carbocycles. The number of rotatable bonds is 6. The zero-order valence-corrected chi connectivity index (χ0v) is 15.8. The van der Waals surface area contributed by atoms with Gasteiger partial charge in [-0.15, -0.1) is 0 Å². The van der Waals surface area contributed by atoms with Gasteiger partial charge in [0.25, 0.3) is 5.91 Å². The lowest BCUT2D eigenvalue weighted by Gasteiger charge is -2.30. The van der Waals surface area contributed by atoms with Gasteiger partial charge in [0.05, 0.1) is 11.4 Å². The van der Waals surface area contributed by atoms with Crippen LogP contribution in [0.3, 0.4) is 0 Å². The molecule has 0 fully saturated rings. The van der Waals surface area contributed by atoms with Gasteiger partial charge in [-0.25, -0.2) is 12.8 Å². The van der Waals surface area contributed by atoms with E-state index in [-0.39, 0.29) is 18.1 Å². The SMILES string of the molecule is COCC(=O)N1CCCc2ccc(NS(=O)(=O)Cc3ccccc3F)cc21. The summed E-state index contributed by atoms with van der Waals surface area (Å²) in [6.45, 7) is 0.517. The Morgan fingerprint density at radius 3 is 2.78 bits per heavy atom. The summed E-state index contributed by atoms with van der Waals surface area (Å²) in [6, 6.07) is 10.9. The number of aryl methyl sites for hydroxylation is 1. The highest BCUT2D eigenvalue weighted by molar-refractivity contribution is 7.91. The molecule has 1 aliphatic rings. The van der Waals surface area contributed by atoms with Crippen molar-refractivity contribution in [1.82, 2.24) is 0 Å². The molecule has 0 atom stereocenters. The summed E-state index contributed by atoms with van der Waals surface area (Å²) in [6.07, 6.45) is 1.65. The van der Waals surface area contributed by atoms with Crippen molar-refractivity contribution < 1.29 is 22.3 Å². The Hall–Kier alpha value is -2.45. The maximum absolute atomic E-state index is 13.7. The van der Waals surface area contributed by atoms with Crippen molar-refractivity contribution in [3.05, 3.63) is 59.4 Å². The molecule has 0 saturated heterocycles. The molecule has 0 spiro atoms. The molecule has 6 nitrogen and oxygen atoms in total. The van der Waals surface area contributed by atoms with Crippen LogP contribution in [-0.2, 0) is 31.7 Å². The first-order valence-corrected chi connectivity index (χ1v) is 10.2. The molecule has 1 aliphatic heterocycles. The van der Waals surface area contributed by atoms with Gasteiger partial charge in [0.15, 0.2) is 0 Å². The smallest absolute Gasteiger partial charge is 0.252 e. The number of anilines is 2. The summed E-state index contributed by atoms with van der Waals surface area (Å²) in [4.78, 5) is 13.9. The molecule has 0 aliphatic carbocycles. The molecule has 1 heterocycles. The van der Waals surface area contributed by atoms with Crippen molar-refractivity contribution in [2.45, 2.75) is 18.6 Å². The van der Waals surface area contributed by atoms with Gasteiger partial charge in [-0.3, -0.25) is 9.52 Å². The number of amides is 1. The zero-order chi connectivity index (χ0) is 19.4. The van der Waals surface area contributed by atoms with Crippen LogP contribution >= 0.6 is 0 Å². The van der Waals surface area contributed by atoms with E-state index in [1.165, 1.54) is 25.3 Å². The molecule has 8 heteroatoms. The van der Waals surface area contributed by atoms with Gasteiger partial charge in [-0.05, 0) is 36.6 Å². The summed E-state index contributed by atoms with van der Waals surface area (Å²) in [7, 11) is -2.35. The molecule has 2 aromatic rings. The van der Waals surface area contributed by atoms with E-state index in [2.05, 4.69) is 4.72 Å². The molecule has 3 rings (SSSR count). The lowest BCUT2D eigenvalue weighted by molar-refractivity contribution is -0.122. The number of nitrogens with one attached hydrogen (secondary N) is 1. The topological polar surface area (TPSA) is 75.7 Å². The van der Waals surface area contributed by atoms with Crippen LogP contribution in [0.25, 0.3) is 0 Å². The minimum atomic E-state index is -3.80. The zero-order valence-electron chi connectivity index (χ0n) is 14.9. The van der Waals surface area contributed by atoms with Crippen molar-refractivity contribution in [2.75, 3.05) is 29.9 Å². The number of nitrogens with zero attached hydrogens (tertiary/aromatic N) is 1. The van der Waals surface area contributed by atoms with Crippen LogP contribution < -0.4 is 9.62 Å². The van der Waals surface area contributed by atoms with Gasteiger partial charge in [-0.1, -0.05) is 24.3 Å². The first kappa shape index (κ1) is 19.3. The second kappa shape index (κ2) is 8.06. The molecule has 1 N–H and O–H groups in total. The first-order chi connectivity index (χ1) is 12.9. The normalized spacial score (nSPS) is 13.9. The van der Waals surface area contributed by atoms with E-state index in [1.807, 2.05) is 6.07 Å². The lowest BCUT2D eigenvalue weighted by Crippen LogP contribution is -2.37. The Bertz CT molecular complexity index is 946. The Balaban J connectivity index is 1.83. The molecule has 0 radical (unpaired) electrons. The summed E-state index contributed by atoms with van der Waals surface area (Å²) < 4.78 is 46.0. The van der Waals surface area contributed by atoms with Crippen molar-refractivity contribution in [3.63, 3.8) is 0 Å². The third kappa shape index (κ3) is 4.64. The lowest BCUT2D eigenvalue weighted by atomic mass is 10.0. The largest absolute Gasteiger partial charge is 0.375 e. The highest BCUT2D eigenvalue weighted by Gasteiger charge is 2.23. The Kier molecular flexibility index (Phi) is 5.76. The Labute approximate surface area is 158 Å². The van der Waals surface area contributed by atoms with Crippen LogP contribution in [0.2, 0.25) is 0 Å². The number of carbonyl (C=O) groups is 1. The van der Waals surface area contributed by atoms with Crippen LogP contribution in [0.5, 0.6) is 0 Å². The maximum atomic E-state index is 13.7. The molecule has 27 heavy (non-hydrogen) atoms. The van der Waals surface area contributed by atoms with Gasteiger partial charge >= 0.3 is 0 Å². The van der Waals surface area contributed by atoms with Crippen LogP contribution in [0, 0.1) is 5.82 Å². The van der Waals surface area contributed by atoms with E-state index >= 15 is 0 Å². The van der Waals surface area contributed by atoms with Crippen LogP contribution in [0.1, 0.15) is 17.5 Å². The standard InChI is InChI=1S/C19H21FN2O4S/c1-26-12-19(23)22-10-4-6-14-8-9-16(11-18(14)22)21-27(24,25)13-15-5-2-3-7-17(15)20/h2-3,5,7-9,11,21H,4,6,10,12-13H2,1H3. The fraction of sp³-hybridized carbons (Fsp3) is 0.316. The quantitative estimate of drug-likeness (QED) is 0.820. The van der Waals surface area contributed by atoms with Crippen LogP contribution in [-0.4, -0.2) is 34.6 Å². The van der Waals surface area contributed by atoms with Crippen LogP contribution in [0.4, 0.5) is 15.8 Å². The van der Waals surface area contributed by atoms with Gasteiger partial charge in [0.2, 0.25) is 10.0 Å². The summed E-state index contributed by atoms with van der Waals surface area (Å²) in [5.74, 6) is -1.21. The first-order valence-electron chi connectivity index (χ1n) is 8.56. The summed E-state index contributed by atoms with van der Waals surface area (Å²) >= 11 is 0. The number of hydrogen-bond acceptors (Lipinski definition) is 4. The number of hydrogen-bond donors (Lipinski definition) is 1. The second-order valence-electron chi connectivity index (χ2n) is 6.38. The van der Waals surface area contributed by atoms with E-state index in [9.17, 15) is 17.6 Å². The number of fused-ring (bicyclic) bond motifs is 1. The number of benzene rings is 2. The van der Waals surface area contributed by atoms with Crippen molar-refractivity contribution in [2.24, 2.45) is 0 Å². The molecule has 0 bridgehead atoms. The minimum Gasteiger partial charge on any atom is -0.375 e. The number of methoxy groups -OCH3 is 1. The van der Waals surface area contributed by atoms with E-state index in [4.69, 9.17) is 4.74 Å². The number of carbonyl (C=O) groups excluding carboxylic acids is 1. The molecular weight excluding hydrogens is 371 g/mol. The third-order valence-corrected chi connectivity index (χ3v) is 5.59. The fourth-order valence-corrected chi connectivity index (χ4v) is 4.34. The molecule has 0 aromatic heterocycles. The van der Waals surface area contributed by atoms with E-state index < -0.39 is 21.6 Å². The molecule has 144 valence electrons. The highest BCUT2D eigenvalue weighted by Crippen LogP contribution is 2.31. The molecular formula is C19H21FN2O4S. The third-order valence-electron chi connectivity index (χ3n) is 4.35. The summed E-state index contributed by atoms with van der Waals surface area (Å²) in [5.41, 5.74) is 2.08. The van der Waals surface area contributed by atoms with Crippen molar-refractivity contribution >= 4 is 27.3 Å². The average molecular weight is 392 g/mol. The predicted molar refractivity (Wildman–Crippen MR) is 102 cm³/mol. The molecule has 1 amide bonds. The van der Waals surface area contributed by atoms with Gasteiger partial charge in [-0.2, -0.15) is 0 Å². The Morgan fingerprint density at radius 2 is 2.04 bits per heavy atom. The predicted octanol–water partition coefficient (Wildman–Crippen LogP) is 2.69. The Morgan fingerprint density at radius 1 is 1.26 bits per heavy atom. The van der Waals surface area contributed by atoms with E-state index in [1.54, 1.807) is 23.1 Å². The average Bonchev–Trinajstić information content (AvgIpc) is 2.63. The van der Waals surface area contributed by atoms with Gasteiger partial charge in [0.1, 0.15) is 12.4 Å². The number of halogens is 1. The van der Waals surface area contributed by atoms with Gasteiger partial charge < -0.3 is 9.64 Å². The minimum absolute atomic E-state index is 0.0390. The van der Waals surface area contributed by atoms with Crippen molar-refractivity contribution in [3.8, 4) is 0 Å². The van der Waals surface area contributed by atoms with Crippen LogP contribution in [0.15, 0.2) is 42.5 Å². The van der Waals surface area contributed by atoms with E-state index in [0.29, 0.717) is 17.9 Å². The molecule has 0 unspecified atom stereocenters. The van der Waals surface area contributed by atoms with E-state index in [0.717, 1.165) is 18.4 Å². The number of ether oxygens (including phenoxy) is 1.